The lowest BCUT2D eigenvalue weighted by atomic mass is 10.2. The van der Waals surface area contributed by atoms with Gasteiger partial charge in [-0.25, -0.2) is 0 Å². The van der Waals surface area contributed by atoms with Crippen molar-refractivity contribution in [1.82, 2.24) is 5.32 Å². The third kappa shape index (κ3) is 5.11. The molecule has 1 aromatic heterocycles. The van der Waals surface area contributed by atoms with Crippen LogP contribution in [0.3, 0.4) is 0 Å². The second kappa shape index (κ2) is 8.52. The van der Waals surface area contributed by atoms with Crippen LogP contribution in [0.2, 0.25) is 5.02 Å². The molecule has 0 aliphatic rings. The van der Waals surface area contributed by atoms with Crippen LogP contribution in [0.15, 0.2) is 41.0 Å². The molecule has 7 heteroatoms. The normalized spacial score (nSPS) is 11.8. The van der Waals surface area contributed by atoms with E-state index in [1.54, 1.807) is 24.5 Å². The smallest absolute Gasteiger partial charge is 0.275 e. The van der Waals surface area contributed by atoms with Crippen LogP contribution in [0.1, 0.15) is 24.3 Å². The van der Waals surface area contributed by atoms with E-state index in [0.29, 0.717) is 10.7 Å². The number of benzene rings is 1. The molecule has 1 atom stereocenters. The minimum absolute atomic E-state index is 0.0358. The maximum absolute atomic E-state index is 11.9. The fourth-order valence-electron chi connectivity index (χ4n) is 2.14. The molecule has 2 amide bonds. The molecule has 0 spiro atoms. The molecular weight excluding hydrogens is 330 g/mol. The first kappa shape index (κ1) is 18.0. The van der Waals surface area contributed by atoms with Gasteiger partial charge in [0.1, 0.15) is 6.04 Å². The lowest BCUT2D eigenvalue weighted by Gasteiger charge is -2.11. The molecular formula is C17H21ClN3O3+. The van der Waals surface area contributed by atoms with E-state index in [4.69, 9.17) is 16.0 Å². The molecule has 128 valence electrons. The maximum Gasteiger partial charge on any atom is 0.275 e. The number of nitrogens with one attached hydrogen (secondary N) is 2. The van der Waals surface area contributed by atoms with Crippen LogP contribution < -0.4 is 16.0 Å². The van der Waals surface area contributed by atoms with Gasteiger partial charge in [-0.3, -0.25) is 9.59 Å². The number of furan rings is 1. The molecule has 0 aliphatic heterocycles. The number of carbonyl (C=O) groups excluding carboxylic acids is 2. The van der Waals surface area contributed by atoms with Crippen LogP contribution in [-0.4, -0.2) is 24.9 Å². The van der Waals surface area contributed by atoms with Crippen LogP contribution in [0.25, 0.3) is 0 Å². The second-order valence-electron chi connectivity index (χ2n) is 5.48. The summed E-state index contributed by atoms with van der Waals surface area (Å²) in [5.41, 5.74) is 1.43. The number of rotatable bonds is 7. The predicted octanol–water partition coefficient (Wildman–Crippen LogP) is 1.62. The van der Waals surface area contributed by atoms with Crippen molar-refractivity contribution in [2.45, 2.75) is 19.9 Å². The van der Waals surface area contributed by atoms with Crippen molar-refractivity contribution in [2.75, 3.05) is 18.4 Å². The van der Waals surface area contributed by atoms with E-state index < -0.39 is 0 Å². The lowest BCUT2D eigenvalue weighted by Crippen LogP contribution is -2.87. The molecule has 0 fully saturated rings. The predicted molar refractivity (Wildman–Crippen MR) is 91.7 cm³/mol. The van der Waals surface area contributed by atoms with E-state index in [-0.39, 0.29) is 30.9 Å². The van der Waals surface area contributed by atoms with Crippen LogP contribution in [0, 0.1) is 6.92 Å². The summed E-state index contributed by atoms with van der Waals surface area (Å²) in [5, 5.41) is 7.74. The number of anilines is 1. The Morgan fingerprint density at radius 2 is 2.04 bits per heavy atom. The summed E-state index contributed by atoms with van der Waals surface area (Å²) in [6.45, 7) is 3.89. The summed E-state index contributed by atoms with van der Waals surface area (Å²) in [6.07, 6.45) is 1.60. The molecule has 1 heterocycles. The van der Waals surface area contributed by atoms with E-state index in [0.717, 1.165) is 11.3 Å². The Morgan fingerprint density at radius 3 is 2.75 bits per heavy atom. The van der Waals surface area contributed by atoms with Gasteiger partial charge in [0.05, 0.1) is 12.8 Å². The van der Waals surface area contributed by atoms with E-state index in [1.165, 1.54) is 0 Å². The van der Waals surface area contributed by atoms with Gasteiger partial charge in [0.15, 0.2) is 12.3 Å². The second-order valence-corrected chi connectivity index (χ2v) is 5.89. The van der Waals surface area contributed by atoms with Crippen LogP contribution in [0.4, 0.5) is 5.69 Å². The lowest BCUT2D eigenvalue weighted by molar-refractivity contribution is -0.684. The van der Waals surface area contributed by atoms with Crippen molar-refractivity contribution in [3.63, 3.8) is 0 Å². The Bertz CT molecular complexity index is 701. The average molecular weight is 351 g/mol. The summed E-state index contributed by atoms with van der Waals surface area (Å²) < 4.78 is 5.28. The number of hydrogen-bond donors (Lipinski definition) is 3. The Kier molecular flexibility index (Phi) is 6.40. The monoisotopic (exact) mass is 350 g/mol. The third-order valence-corrected chi connectivity index (χ3v) is 4.05. The zero-order chi connectivity index (χ0) is 17.5. The van der Waals surface area contributed by atoms with Gasteiger partial charge in [-0.15, -0.1) is 0 Å². The van der Waals surface area contributed by atoms with Gasteiger partial charge in [-0.1, -0.05) is 17.7 Å². The summed E-state index contributed by atoms with van der Waals surface area (Å²) in [4.78, 5) is 23.7. The van der Waals surface area contributed by atoms with Crippen molar-refractivity contribution in [3.8, 4) is 0 Å². The first-order valence-electron chi connectivity index (χ1n) is 7.65. The molecule has 24 heavy (non-hydrogen) atoms. The molecule has 4 N–H and O–H groups in total. The number of quaternary nitrogens is 1. The van der Waals surface area contributed by atoms with Gasteiger partial charge in [0, 0.05) is 10.7 Å². The largest absolute Gasteiger partial charge is 0.463 e. The van der Waals surface area contributed by atoms with Crippen molar-refractivity contribution >= 4 is 29.1 Å². The maximum atomic E-state index is 11.9. The molecule has 2 rings (SSSR count). The topological polar surface area (TPSA) is 88.0 Å². The summed E-state index contributed by atoms with van der Waals surface area (Å²) >= 11 is 6.01. The molecule has 0 saturated carbocycles. The zero-order valence-electron chi connectivity index (χ0n) is 13.6. The van der Waals surface area contributed by atoms with Crippen molar-refractivity contribution in [1.29, 1.82) is 0 Å². The van der Waals surface area contributed by atoms with Gasteiger partial charge < -0.3 is 20.4 Å². The summed E-state index contributed by atoms with van der Waals surface area (Å²) in [5.74, 6) is 0.288. The number of halogens is 1. The van der Waals surface area contributed by atoms with Gasteiger partial charge in [0.2, 0.25) is 5.91 Å². The van der Waals surface area contributed by atoms with Crippen molar-refractivity contribution in [2.24, 2.45) is 0 Å². The molecule has 1 aromatic carbocycles. The van der Waals surface area contributed by atoms with E-state index in [9.17, 15) is 9.59 Å². The highest BCUT2D eigenvalue weighted by Crippen LogP contribution is 2.22. The number of hydrogen-bond acceptors (Lipinski definition) is 3. The molecule has 0 saturated heterocycles. The summed E-state index contributed by atoms with van der Waals surface area (Å²) in [6, 6.07) is 8.98. The highest BCUT2D eigenvalue weighted by atomic mass is 35.5. The standard InChI is InChI=1S/C17H20ClN3O3/c1-11-13(18)5-3-6-14(11)21-17(23)10-20-16(22)9-19-12(2)15-7-4-8-24-15/h3-8,12,19H,9-10H2,1-2H3,(H,20,22)(H,21,23)/p+1/t12-/m0/s1. The Morgan fingerprint density at radius 1 is 1.25 bits per heavy atom. The van der Waals surface area contributed by atoms with Gasteiger partial charge in [0.25, 0.3) is 5.91 Å². The molecule has 0 bridgehead atoms. The first-order valence-corrected chi connectivity index (χ1v) is 8.03. The van der Waals surface area contributed by atoms with Crippen LogP contribution >= 0.6 is 11.6 Å². The molecule has 2 aromatic rings. The Labute approximate surface area is 145 Å². The minimum atomic E-state index is -0.298. The van der Waals surface area contributed by atoms with Crippen LogP contribution in [0.5, 0.6) is 0 Å². The Hall–Kier alpha value is -2.31. The SMILES string of the molecule is Cc1c(Cl)cccc1NC(=O)CNC(=O)C[NH2+][C@@H](C)c1ccco1. The average Bonchev–Trinajstić information content (AvgIpc) is 3.09. The Balaban J connectivity index is 1.73. The van der Waals surface area contributed by atoms with Gasteiger partial charge in [-0.2, -0.15) is 0 Å². The number of carbonyl (C=O) groups is 2. The zero-order valence-corrected chi connectivity index (χ0v) is 14.4. The molecule has 0 aliphatic carbocycles. The fraction of sp³-hybridized carbons (Fsp3) is 0.294. The molecule has 6 nitrogen and oxygen atoms in total. The van der Waals surface area contributed by atoms with Crippen molar-refractivity contribution < 1.29 is 19.3 Å². The third-order valence-electron chi connectivity index (χ3n) is 3.64. The number of amides is 2. The summed E-state index contributed by atoms with van der Waals surface area (Å²) in [7, 11) is 0. The highest BCUT2D eigenvalue weighted by Gasteiger charge is 2.14. The molecule has 0 radical (unpaired) electrons. The van der Waals surface area contributed by atoms with Gasteiger partial charge in [-0.05, 0) is 43.7 Å². The van der Waals surface area contributed by atoms with Crippen molar-refractivity contribution in [3.05, 3.63) is 52.9 Å². The van der Waals surface area contributed by atoms with E-state index in [1.807, 2.05) is 31.3 Å². The van der Waals surface area contributed by atoms with Gasteiger partial charge >= 0.3 is 0 Å². The van der Waals surface area contributed by atoms with Crippen LogP contribution in [-0.2, 0) is 9.59 Å². The minimum Gasteiger partial charge on any atom is -0.463 e. The molecule has 0 unspecified atom stereocenters. The fourth-order valence-corrected chi connectivity index (χ4v) is 2.31. The van der Waals surface area contributed by atoms with E-state index in [2.05, 4.69) is 10.6 Å². The highest BCUT2D eigenvalue weighted by molar-refractivity contribution is 6.31. The van der Waals surface area contributed by atoms with E-state index >= 15 is 0 Å². The number of nitrogens with two attached hydrogens (primary N) is 1. The quantitative estimate of drug-likeness (QED) is 0.709. The first-order chi connectivity index (χ1) is 11.5.